The number of hydrogen-bond acceptors (Lipinski definition) is 4. The van der Waals surface area contributed by atoms with Crippen LogP contribution in [0.1, 0.15) is 0 Å². The molecule has 0 aromatic carbocycles. The average molecular weight is 147 g/mol. The number of fused-ring (bicyclic) bond motifs is 2. The number of nitrogens with zero attached hydrogens (tertiary/aromatic N) is 3. The first-order valence-corrected chi connectivity index (χ1v) is 2.56. The fraction of sp³-hybridized carbons (Fsp3) is 0.333. The van der Waals surface area contributed by atoms with Crippen molar-refractivity contribution in [1.82, 2.24) is 4.42 Å². The SMILES string of the molecule is [O]C1N=C2N=C(O2)N1Cl. The van der Waals surface area contributed by atoms with Crippen LogP contribution in [-0.2, 0) is 9.84 Å². The molecule has 2 bridgehead atoms. The minimum absolute atomic E-state index is 0.127. The molecule has 0 saturated heterocycles. The summed E-state index contributed by atoms with van der Waals surface area (Å²) < 4.78 is 5.45. The highest BCUT2D eigenvalue weighted by Crippen LogP contribution is 2.19. The number of ether oxygens (including phenoxy) is 1. The van der Waals surface area contributed by atoms with Gasteiger partial charge in [-0.25, -0.2) is 0 Å². The van der Waals surface area contributed by atoms with E-state index in [9.17, 15) is 5.11 Å². The Kier molecular flexibility index (Phi) is 0.762. The summed E-state index contributed by atoms with van der Waals surface area (Å²) in [4.78, 5) is 6.97. The van der Waals surface area contributed by atoms with Gasteiger partial charge in [0.15, 0.2) is 0 Å². The van der Waals surface area contributed by atoms with E-state index in [-0.39, 0.29) is 12.0 Å². The van der Waals surface area contributed by atoms with Crippen LogP contribution in [0.25, 0.3) is 0 Å². The molecule has 0 aromatic heterocycles. The predicted octanol–water partition coefficient (Wildman–Crippen LogP) is -0.0879. The monoisotopic (exact) mass is 146 g/mol. The van der Waals surface area contributed by atoms with E-state index in [1.807, 2.05) is 0 Å². The van der Waals surface area contributed by atoms with Gasteiger partial charge in [-0.05, 0) is 0 Å². The summed E-state index contributed by atoms with van der Waals surface area (Å²) in [6, 6.07) is 0.267. The Labute approximate surface area is 55.3 Å². The second kappa shape index (κ2) is 1.37. The fourth-order valence-electron chi connectivity index (χ4n) is 0.556. The van der Waals surface area contributed by atoms with E-state index in [4.69, 9.17) is 11.8 Å². The standard InChI is InChI=1S/C3HClN3O2/c4-7-2(8)5-1-6-3(7)9-1/h2H. The molecule has 0 saturated carbocycles. The second-order valence-corrected chi connectivity index (χ2v) is 1.91. The third kappa shape index (κ3) is 0.526. The van der Waals surface area contributed by atoms with Gasteiger partial charge in [-0.1, -0.05) is 0 Å². The number of halogens is 1. The Hall–Kier alpha value is -0.810. The molecule has 3 rings (SSSR count). The van der Waals surface area contributed by atoms with E-state index in [1.54, 1.807) is 0 Å². The Balaban J connectivity index is 2.34. The van der Waals surface area contributed by atoms with Gasteiger partial charge in [-0.15, -0.1) is 4.99 Å². The maximum absolute atomic E-state index is 10.6. The summed E-state index contributed by atoms with van der Waals surface area (Å²) in [5, 5.41) is 10.6. The van der Waals surface area contributed by atoms with Crippen molar-refractivity contribution < 1.29 is 9.84 Å². The second-order valence-electron chi connectivity index (χ2n) is 1.55. The average Bonchev–Trinajstić information content (AvgIpc) is 1.72. The van der Waals surface area contributed by atoms with Crippen LogP contribution in [-0.4, -0.2) is 22.8 Å². The van der Waals surface area contributed by atoms with Crippen molar-refractivity contribution in [2.45, 2.75) is 6.35 Å². The highest BCUT2D eigenvalue weighted by atomic mass is 35.5. The van der Waals surface area contributed by atoms with Crippen molar-refractivity contribution in [3.63, 3.8) is 0 Å². The molecule has 0 aromatic rings. The van der Waals surface area contributed by atoms with E-state index < -0.39 is 6.35 Å². The summed E-state index contributed by atoms with van der Waals surface area (Å²) >= 11 is 5.31. The van der Waals surface area contributed by atoms with Crippen LogP contribution in [0.3, 0.4) is 0 Å². The zero-order chi connectivity index (χ0) is 6.43. The maximum atomic E-state index is 10.6. The first-order chi connectivity index (χ1) is 4.27. The molecule has 0 aliphatic carbocycles. The van der Waals surface area contributed by atoms with E-state index >= 15 is 0 Å². The van der Waals surface area contributed by atoms with E-state index in [0.29, 0.717) is 0 Å². The minimum atomic E-state index is -1.29. The van der Waals surface area contributed by atoms with E-state index in [2.05, 4.69) is 14.7 Å². The molecule has 5 nitrogen and oxygen atoms in total. The molecule has 6 heteroatoms. The Morgan fingerprint density at radius 3 is 2.78 bits per heavy atom. The molecule has 0 spiro atoms. The molecule has 9 heavy (non-hydrogen) atoms. The number of hydrogen-bond donors (Lipinski definition) is 0. The Morgan fingerprint density at radius 1 is 1.78 bits per heavy atom. The van der Waals surface area contributed by atoms with Crippen LogP contribution in [0, 0.1) is 0 Å². The van der Waals surface area contributed by atoms with Gasteiger partial charge in [0.25, 0.3) is 6.35 Å². The Bertz CT molecular complexity index is 213. The third-order valence-corrected chi connectivity index (χ3v) is 1.28. The Morgan fingerprint density at radius 2 is 2.44 bits per heavy atom. The lowest BCUT2D eigenvalue weighted by atomic mass is 10.7. The van der Waals surface area contributed by atoms with Gasteiger partial charge in [-0.2, -0.15) is 14.5 Å². The van der Waals surface area contributed by atoms with Gasteiger partial charge in [-0.3, -0.25) is 0 Å². The van der Waals surface area contributed by atoms with Crippen molar-refractivity contribution in [1.29, 1.82) is 0 Å². The van der Waals surface area contributed by atoms with Crippen LogP contribution in [0.5, 0.6) is 0 Å². The van der Waals surface area contributed by atoms with E-state index in [0.717, 1.165) is 4.42 Å². The van der Waals surface area contributed by atoms with Gasteiger partial charge in [0.2, 0.25) is 0 Å². The molecule has 1 atom stereocenters. The molecule has 0 amide bonds. The minimum Gasteiger partial charge on any atom is -0.389 e. The van der Waals surface area contributed by atoms with Crippen molar-refractivity contribution >= 4 is 23.8 Å². The van der Waals surface area contributed by atoms with Gasteiger partial charge in [0.05, 0.1) is 0 Å². The number of aliphatic imine (C=N–C) groups is 2. The van der Waals surface area contributed by atoms with Crippen molar-refractivity contribution in [2.24, 2.45) is 9.98 Å². The molecule has 0 N–H and O–H groups in total. The van der Waals surface area contributed by atoms with Crippen LogP contribution in [0.4, 0.5) is 0 Å². The zero-order valence-electron chi connectivity index (χ0n) is 4.11. The summed E-state index contributed by atoms with van der Waals surface area (Å²) in [6.45, 7) is 0. The third-order valence-electron chi connectivity index (χ3n) is 0.971. The number of rotatable bonds is 0. The summed E-state index contributed by atoms with van der Waals surface area (Å²) in [5.41, 5.74) is 0. The van der Waals surface area contributed by atoms with Crippen LogP contribution in [0.15, 0.2) is 9.98 Å². The predicted molar refractivity (Wildman–Crippen MR) is 28.1 cm³/mol. The quantitative estimate of drug-likeness (QED) is 0.449. The summed E-state index contributed by atoms with van der Waals surface area (Å²) in [6.07, 6.45) is -1.29. The fourth-order valence-corrected chi connectivity index (χ4v) is 0.672. The molecule has 1 unspecified atom stereocenters. The molecule has 1 radical (unpaired) electrons. The lowest BCUT2D eigenvalue weighted by Crippen LogP contribution is -2.45. The summed E-state index contributed by atoms with van der Waals surface area (Å²) in [7, 11) is 0. The molecular formula is C3HClN3O2. The molecule has 47 valence electrons. The normalized spacial score (nSPS) is 30.0. The van der Waals surface area contributed by atoms with Gasteiger partial charge < -0.3 is 4.74 Å². The molecule has 3 aliphatic rings. The van der Waals surface area contributed by atoms with Crippen molar-refractivity contribution in [3.05, 3.63) is 0 Å². The first-order valence-electron chi connectivity index (χ1n) is 2.22. The lowest BCUT2D eigenvalue weighted by molar-refractivity contribution is 0.0169. The molecule has 3 aliphatic heterocycles. The van der Waals surface area contributed by atoms with Crippen LogP contribution < -0.4 is 0 Å². The zero-order valence-corrected chi connectivity index (χ0v) is 4.87. The van der Waals surface area contributed by atoms with Gasteiger partial charge in [0.1, 0.15) is 0 Å². The lowest BCUT2D eigenvalue weighted by Gasteiger charge is -2.28. The first kappa shape index (κ1) is 5.01. The van der Waals surface area contributed by atoms with Gasteiger partial charge >= 0.3 is 12.0 Å². The largest absolute Gasteiger partial charge is 0.389 e. The highest BCUT2D eigenvalue weighted by molar-refractivity contribution is 6.25. The van der Waals surface area contributed by atoms with Crippen molar-refractivity contribution in [3.8, 4) is 0 Å². The maximum Gasteiger partial charge on any atom is 0.328 e. The van der Waals surface area contributed by atoms with Crippen LogP contribution >= 0.6 is 11.8 Å². The molecule has 3 heterocycles. The highest BCUT2D eigenvalue weighted by Gasteiger charge is 2.35. The summed E-state index contributed by atoms with van der Waals surface area (Å²) in [5.74, 6) is 0. The van der Waals surface area contributed by atoms with Gasteiger partial charge in [0, 0.05) is 11.8 Å². The topological polar surface area (TPSA) is 57.1 Å². The molecular weight excluding hydrogens is 146 g/mol. The van der Waals surface area contributed by atoms with Crippen LogP contribution in [0.2, 0.25) is 0 Å². The van der Waals surface area contributed by atoms with Crippen molar-refractivity contribution in [2.75, 3.05) is 0 Å². The smallest absolute Gasteiger partial charge is 0.328 e. The van der Waals surface area contributed by atoms with E-state index in [1.165, 1.54) is 0 Å². The number of amidine groups is 2. The molecule has 0 fully saturated rings.